The summed E-state index contributed by atoms with van der Waals surface area (Å²) in [5.74, 6) is 0.555. The van der Waals surface area contributed by atoms with E-state index in [0.717, 1.165) is 23.1 Å². The SMILES string of the molecule is O=S1Cc2ccccc2Cn2c1nc1ccccc12. The zero-order chi connectivity index (χ0) is 12.8. The highest BCUT2D eigenvalue weighted by atomic mass is 32.2. The Kier molecular flexibility index (Phi) is 2.32. The Morgan fingerprint density at radius 3 is 2.63 bits per heavy atom. The van der Waals surface area contributed by atoms with E-state index < -0.39 is 10.8 Å². The van der Waals surface area contributed by atoms with Gasteiger partial charge in [-0.05, 0) is 23.3 Å². The Morgan fingerprint density at radius 2 is 1.74 bits per heavy atom. The number of rotatable bonds is 0. The van der Waals surface area contributed by atoms with E-state index in [4.69, 9.17) is 0 Å². The van der Waals surface area contributed by atoms with Gasteiger partial charge in [-0.2, -0.15) is 0 Å². The molecule has 94 valence electrons. The van der Waals surface area contributed by atoms with Crippen LogP contribution in [0, 0.1) is 0 Å². The van der Waals surface area contributed by atoms with Crippen molar-refractivity contribution in [2.24, 2.45) is 0 Å². The predicted molar refractivity (Wildman–Crippen MR) is 75.4 cm³/mol. The third-order valence-corrected chi connectivity index (χ3v) is 4.85. The number of hydrogen-bond donors (Lipinski definition) is 0. The molecule has 4 rings (SSSR count). The van der Waals surface area contributed by atoms with Crippen LogP contribution >= 0.6 is 0 Å². The standard InChI is InChI=1S/C15H12N2OS/c18-19-10-12-6-2-1-5-11(12)9-17-14-8-4-3-7-13(14)16-15(17)19/h1-8H,9-10H2. The molecular weight excluding hydrogens is 256 g/mol. The Bertz CT molecular complexity index is 807. The van der Waals surface area contributed by atoms with Gasteiger partial charge in [-0.3, -0.25) is 4.21 Å². The monoisotopic (exact) mass is 268 g/mol. The van der Waals surface area contributed by atoms with Crippen molar-refractivity contribution in [2.75, 3.05) is 0 Å². The fourth-order valence-electron chi connectivity index (χ4n) is 2.61. The number of benzene rings is 2. The normalized spacial score (nSPS) is 17.8. The molecule has 1 atom stereocenters. The zero-order valence-corrected chi connectivity index (χ0v) is 11.1. The highest BCUT2D eigenvalue weighted by Crippen LogP contribution is 2.26. The maximum absolute atomic E-state index is 12.5. The third-order valence-electron chi connectivity index (χ3n) is 3.56. The van der Waals surface area contributed by atoms with Gasteiger partial charge in [0.05, 0.1) is 34.1 Å². The summed E-state index contributed by atoms with van der Waals surface area (Å²) in [4.78, 5) is 4.54. The average Bonchev–Trinajstić information content (AvgIpc) is 2.73. The second-order valence-electron chi connectivity index (χ2n) is 4.73. The fraction of sp³-hybridized carbons (Fsp3) is 0.133. The van der Waals surface area contributed by atoms with Crippen LogP contribution in [0.15, 0.2) is 53.7 Å². The first kappa shape index (κ1) is 10.9. The van der Waals surface area contributed by atoms with Crippen LogP contribution in [0.25, 0.3) is 11.0 Å². The van der Waals surface area contributed by atoms with Crippen LogP contribution in [0.2, 0.25) is 0 Å². The zero-order valence-electron chi connectivity index (χ0n) is 10.2. The van der Waals surface area contributed by atoms with Gasteiger partial charge in [0.2, 0.25) is 5.16 Å². The van der Waals surface area contributed by atoms with E-state index in [2.05, 4.69) is 21.7 Å². The van der Waals surface area contributed by atoms with Crippen LogP contribution in [0.5, 0.6) is 0 Å². The van der Waals surface area contributed by atoms with E-state index in [1.165, 1.54) is 5.56 Å². The number of hydrogen-bond acceptors (Lipinski definition) is 2. The molecule has 0 fully saturated rings. The van der Waals surface area contributed by atoms with E-state index in [-0.39, 0.29) is 0 Å². The molecule has 1 unspecified atom stereocenters. The Balaban J connectivity index is 2.01. The summed E-state index contributed by atoms with van der Waals surface area (Å²) in [6.45, 7) is 0.748. The molecule has 0 bridgehead atoms. The van der Waals surface area contributed by atoms with Crippen molar-refractivity contribution in [1.29, 1.82) is 0 Å². The van der Waals surface area contributed by atoms with E-state index in [1.807, 2.05) is 36.4 Å². The molecular formula is C15H12N2OS. The van der Waals surface area contributed by atoms with Crippen LogP contribution < -0.4 is 0 Å². The number of aromatic nitrogens is 2. The lowest BCUT2D eigenvalue weighted by molar-refractivity contribution is 0.662. The molecule has 19 heavy (non-hydrogen) atoms. The van der Waals surface area contributed by atoms with E-state index in [0.29, 0.717) is 10.9 Å². The van der Waals surface area contributed by atoms with Gasteiger partial charge in [-0.15, -0.1) is 0 Å². The first-order valence-electron chi connectivity index (χ1n) is 6.23. The lowest BCUT2D eigenvalue weighted by Gasteiger charge is -2.06. The largest absolute Gasteiger partial charge is 0.312 e. The Hall–Kier alpha value is -1.94. The van der Waals surface area contributed by atoms with Crippen LogP contribution in [-0.2, 0) is 23.1 Å². The van der Waals surface area contributed by atoms with E-state index in [9.17, 15) is 4.21 Å². The van der Waals surface area contributed by atoms with Gasteiger partial charge < -0.3 is 4.57 Å². The topological polar surface area (TPSA) is 34.9 Å². The molecule has 0 saturated heterocycles. The van der Waals surface area contributed by atoms with Crippen molar-refractivity contribution in [3.63, 3.8) is 0 Å². The van der Waals surface area contributed by atoms with Crippen LogP contribution in [-0.4, -0.2) is 13.8 Å². The van der Waals surface area contributed by atoms with Crippen LogP contribution in [0.4, 0.5) is 0 Å². The maximum atomic E-state index is 12.5. The van der Waals surface area contributed by atoms with Gasteiger partial charge in [0.1, 0.15) is 0 Å². The first-order valence-corrected chi connectivity index (χ1v) is 7.55. The van der Waals surface area contributed by atoms with Crippen molar-refractivity contribution in [2.45, 2.75) is 17.5 Å². The summed E-state index contributed by atoms with van der Waals surface area (Å²) in [5.41, 5.74) is 4.38. The average molecular weight is 268 g/mol. The minimum absolute atomic E-state index is 0.555. The number of imidazole rings is 1. The summed E-state index contributed by atoms with van der Waals surface area (Å²) in [6.07, 6.45) is 0. The molecule has 1 aliphatic rings. The second kappa shape index (κ2) is 4.03. The number of nitrogens with zero attached hydrogens (tertiary/aromatic N) is 2. The summed E-state index contributed by atoms with van der Waals surface area (Å²) < 4.78 is 14.5. The molecule has 0 saturated carbocycles. The quantitative estimate of drug-likeness (QED) is 0.628. The van der Waals surface area contributed by atoms with Gasteiger partial charge in [0, 0.05) is 0 Å². The fourth-order valence-corrected chi connectivity index (χ4v) is 3.91. The highest BCUT2D eigenvalue weighted by molar-refractivity contribution is 7.84. The lowest BCUT2D eigenvalue weighted by Crippen LogP contribution is -2.03. The first-order chi connectivity index (χ1) is 9.33. The van der Waals surface area contributed by atoms with Gasteiger partial charge in [-0.25, -0.2) is 4.98 Å². The molecule has 0 N–H and O–H groups in total. The van der Waals surface area contributed by atoms with Gasteiger partial charge in [0.15, 0.2) is 0 Å². The molecule has 0 spiro atoms. The van der Waals surface area contributed by atoms with Crippen molar-refractivity contribution in [1.82, 2.24) is 9.55 Å². The smallest absolute Gasteiger partial charge is 0.200 e. The highest BCUT2D eigenvalue weighted by Gasteiger charge is 2.21. The maximum Gasteiger partial charge on any atom is 0.200 e. The van der Waals surface area contributed by atoms with Gasteiger partial charge in [-0.1, -0.05) is 36.4 Å². The molecule has 3 aromatic rings. The van der Waals surface area contributed by atoms with Gasteiger partial charge >= 0.3 is 0 Å². The van der Waals surface area contributed by atoms with Crippen molar-refractivity contribution in [3.05, 3.63) is 59.7 Å². The van der Waals surface area contributed by atoms with Gasteiger partial charge in [0.25, 0.3) is 0 Å². The summed E-state index contributed by atoms with van der Waals surface area (Å²) in [5, 5.41) is 0.692. The molecule has 2 aromatic carbocycles. The molecule has 0 aliphatic carbocycles. The summed E-state index contributed by atoms with van der Waals surface area (Å²) >= 11 is 0. The second-order valence-corrected chi connectivity index (χ2v) is 6.07. The molecule has 0 amide bonds. The van der Waals surface area contributed by atoms with E-state index >= 15 is 0 Å². The molecule has 2 heterocycles. The van der Waals surface area contributed by atoms with Crippen molar-refractivity contribution < 1.29 is 4.21 Å². The minimum atomic E-state index is -1.07. The number of fused-ring (bicyclic) bond motifs is 4. The van der Waals surface area contributed by atoms with Crippen molar-refractivity contribution >= 4 is 21.8 Å². The Labute approximate surface area is 113 Å². The summed E-state index contributed by atoms with van der Waals surface area (Å²) in [7, 11) is -1.07. The lowest BCUT2D eigenvalue weighted by atomic mass is 10.1. The van der Waals surface area contributed by atoms with Crippen molar-refractivity contribution in [3.8, 4) is 0 Å². The molecule has 1 aromatic heterocycles. The Morgan fingerprint density at radius 1 is 1.00 bits per heavy atom. The molecule has 3 nitrogen and oxygen atoms in total. The van der Waals surface area contributed by atoms with Crippen LogP contribution in [0.1, 0.15) is 11.1 Å². The summed E-state index contributed by atoms with van der Waals surface area (Å²) in [6, 6.07) is 16.2. The third kappa shape index (κ3) is 1.64. The van der Waals surface area contributed by atoms with E-state index in [1.54, 1.807) is 0 Å². The molecule has 4 heteroatoms. The molecule has 0 radical (unpaired) electrons. The predicted octanol–water partition coefficient (Wildman–Crippen LogP) is 2.71. The number of para-hydroxylation sites is 2. The van der Waals surface area contributed by atoms with Crippen LogP contribution in [0.3, 0.4) is 0 Å². The molecule has 1 aliphatic heterocycles. The minimum Gasteiger partial charge on any atom is -0.312 e.